The molecule has 1 aromatic carbocycles. The number of oxime groups is 1. The van der Waals surface area contributed by atoms with Gasteiger partial charge in [-0.2, -0.15) is 0 Å². The van der Waals surface area contributed by atoms with Gasteiger partial charge in [-0.05, 0) is 55.2 Å². The third kappa shape index (κ3) is 6.86. The minimum Gasteiger partial charge on any atom is -0.411 e. The molecule has 0 bridgehead atoms. The van der Waals surface area contributed by atoms with Crippen LogP contribution in [0.5, 0.6) is 0 Å². The topological polar surface area (TPSA) is 129 Å². The van der Waals surface area contributed by atoms with Gasteiger partial charge >= 0.3 is 0 Å². The monoisotopic (exact) mass is 616 g/mol. The minimum absolute atomic E-state index is 0.0166. The molecule has 1 aliphatic heterocycles. The van der Waals surface area contributed by atoms with Gasteiger partial charge in [-0.1, -0.05) is 49.4 Å². The maximum Gasteiger partial charge on any atom is 0.280 e. The van der Waals surface area contributed by atoms with Gasteiger partial charge in [-0.25, -0.2) is 18.4 Å². The molecule has 2 fully saturated rings. The Hall–Kier alpha value is -2.71. The van der Waals surface area contributed by atoms with Crippen LogP contribution in [0.4, 0.5) is 5.13 Å². The lowest BCUT2D eigenvalue weighted by Gasteiger charge is -2.36. The van der Waals surface area contributed by atoms with Gasteiger partial charge < -0.3 is 14.0 Å². The van der Waals surface area contributed by atoms with Crippen LogP contribution in [-0.2, 0) is 35.2 Å². The molecule has 0 spiro atoms. The number of carbonyl (C=O) groups excluding carboxylic acids is 1. The standard InChI is InChI=1S/C28H36N4O6S2Si/c1-28(2,3)41(4,5)37-16-19-8-13-23-26(29-19)39-27(30-23)31-25(33)24(32-38-20-14-15-36-17-20)18-6-9-21(10-7-18)40(34,35)22-11-12-22/h6-10,13,20,22H,11-12,14-17H2,1-5H3,(H,30,31,33)/b32-24+/t20-/m1/s1. The van der Waals surface area contributed by atoms with Gasteiger partial charge in [-0.15, -0.1) is 0 Å². The second-order valence-electron chi connectivity index (χ2n) is 11.9. The number of ether oxygens (including phenoxy) is 1. The Balaban J connectivity index is 1.34. The van der Waals surface area contributed by atoms with E-state index in [1.54, 1.807) is 12.1 Å². The summed E-state index contributed by atoms with van der Waals surface area (Å²) in [7, 11) is -5.28. The van der Waals surface area contributed by atoms with Crippen molar-refractivity contribution >= 4 is 56.6 Å². The Kier molecular flexibility index (Phi) is 8.36. The highest BCUT2D eigenvalue weighted by Gasteiger charge is 2.38. The molecule has 2 aromatic heterocycles. The number of sulfone groups is 1. The Morgan fingerprint density at radius 1 is 1.12 bits per heavy atom. The van der Waals surface area contributed by atoms with Crippen LogP contribution in [0, 0.1) is 0 Å². The van der Waals surface area contributed by atoms with Crippen molar-refractivity contribution in [1.29, 1.82) is 0 Å². The van der Waals surface area contributed by atoms with Crippen molar-refractivity contribution < 1.29 is 27.2 Å². The number of carbonyl (C=O) groups is 1. The number of nitrogens with zero attached hydrogens (tertiary/aromatic N) is 3. The van der Waals surface area contributed by atoms with E-state index in [4.69, 9.17) is 19.0 Å². The number of hydrogen-bond acceptors (Lipinski definition) is 10. The Bertz CT molecular complexity index is 1550. The summed E-state index contributed by atoms with van der Waals surface area (Å²) in [5.74, 6) is -0.526. The fourth-order valence-electron chi connectivity index (χ4n) is 3.94. The van der Waals surface area contributed by atoms with E-state index < -0.39 is 24.1 Å². The molecule has 1 saturated carbocycles. The SMILES string of the molecule is CC(C)(C)[Si](C)(C)OCc1ccc2nc(NC(=O)/C(=N/O[C@@H]3CCOC3)c3ccc(S(=O)(=O)C4CC4)cc3)sc2n1. The Morgan fingerprint density at radius 2 is 1.85 bits per heavy atom. The second kappa shape index (κ2) is 11.5. The highest BCUT2D eigenvalue weighted by atomic mass is 32.2. The van der Waals surface area contributed by atoms with Crippen molar-refractivity contribution in [1.82, 2.24) is 9.97 Å². The minimum atomic E-state index is -3.35. The average molecular weight is 617 g/mol. The Morgan fingerprint density at radius 3 is 2.49 bits per heavy atom. The molecule has 0 unspecified atom stereocenters. The van der Waals surface area contributed by atoms with Crippen LogP contribution in [-0.4, -0.2) is 62.9 Å². The number of rotatable bonds is 10. The van der Waals surface area contributed by atoms with Crippen molar-refractivity contribution in [3.05, 3.63) is 47.7 Å². The van der Waals surface area contributed by atoms with Gasteiger partial charge in [0.2, 0.25) is 0 Å². The number of amides is 1. The van der Waals surface area contributed by atoms with Gasteiger partial charge in [-0.3, -0.25) is 10.1 Å². The molecule has 1 aliphatic carbocycles. The van der Waals surface area contributed by atoms with Crippen molar-refractivity contribution in [3.8, 4) is 0 Å². The maximum absolute atomic E-state index is 13.4. The first-order chi connectivity index (χ1) is 19.3. The molecule has 13 heteroatoms. The number of hydrogen-bond donors (Lipinski definition) is 1. The second-order valence-corrected chi connectivity index (χ2v) is 20.0. The van der Waals surface area contributed by atoms with Crippen molar-refractivity contribution in [2.24, 2.45) is 5.16 Å². The molecule has 0 radical (unpaired) electrons. The lowest BCUT2D eigenvalue weighted by atomic mass is 10.1. The van der Waals surface area contributed by atoms with Gasteiger partial charge in [0.15, 0.2) is 35.1 Å². The fraction of sp³-hybridized carbons (Fsp3) is 0.500. The summed E-state index contributed by atoms with van der Waals surface area (Å²) in [6.45, 7) is 12.4. The van der Waals surface area contributed by atoms with Gasteiger partial charge in [0, 0.05) is 12.0 Å². The first-order valence-electron chi connectivity index (χ1n) is 13.7. The van der Waals surface area contributed by atoms with Crippen LogP contribution in [0.15, 0.2) is 46.4 Å². The molecule has 220 valence electrons. The average Bonchev–Trinajstić information content (AvgIpc) is 3.52. The third-order valence-electron chi connectivity index (χ3n) is 7.74. The van der Waals surface area contributed by atoms with Crippen LogP contribution in [0.25, 0.3) is 10.3 Å². The first-order valence-corrected chi connectivity index (χ1v) is 19.0. The molecule has 5 rings (SSSR count). The van der Waals surface area contributed by atoms with E-state index >= 15 is 0 Å². The summed E-state index contributed by atoms with van der Waals surface area (Å²) >= 11 is 1.26. The predicted octanol–water partition coefficient (Wildman–Crippen LogP) is 5.30. The zero-order valence-corrected chi connectivity index (χ0v) is 26.6. The molecule has 1 saturated heterocycles. The van der Waals surface area contributed by atoms with Gasteiger partial charge in [0.05, 0.1) is 35.7 Å². The van der Waals surface area contributed by atoms with E-state index in [9.17, 15) is 13.2 Å². The zero-order chi connectivity index (χ0) is 29.4. The van der Waals surface area contributed by atoms with E-state index in [-0.39, 0.29) is 27.0 Å². The number of anilines is 1. The molecular weight excluding hydrogens is 581 g/mol. The van der Waals surface area contributed by atoms with E-state index in [0.29, 0.717) is 60.1 Å². The molecule has 1 amide bonds. The fourth-order valence-corrected chi connectivity index (χ4v) is 7.39. The number of aromatic nitrogens is 2. The molecular formula is C28H36N4O6S2Si. The smallest absolute Gasteiger partial charge is 0.280 e. The number of nitrogens with one attached hydrogen (secondary N) is 1. The molecule has 1 atom stereocenters. The normalized spacial score (nSPS) is 18.6. The highest BCUT2D eigenvalue weighted by molar-refractivity contribution is 7.92. The van der Waals surface area contributed by atoms with Crippen LogP contribution >= 0.6 is 11.3 Å². The van der Waals surface area contributed by atoms with Gasteiger partial charge in [0.25, 0.3) is 5.91 Å². The van der Waals surface area contributed by atoms with Crippen LogP contribution in [0.2, 0.25) is 18.1 Å². The van der Waals surface area contributed by atoms with E-state index in [1.807, 2.05) is 12.1 Å². The maximum atomic E-state index is 13.4. The summed E-state index contributed by atoms with van der Waals surface area (Å²) in [6, 6.07) is 9.95. The first kappa shape index (κ1) is 29.8. The zero-order valence-electron chi connectivity index (χ0n) is 24.0. The third-order valence-corrected chi connectivity index (χ3v) is 15.4. The van der Waals surface area contributed by atoms with E-state index in [0.717, 1.165) is 5.69 Å². The summed E-state index contributed by atoms with van der Waals surface area (Å²) in [5.41, 5.74) is 1.91. The van der Waals surface area contributed by atoms with E-state index in [2.05, 4.69) is 49.3 Å². The lowest BCUT2D eigenvalue weighted by Crippen LogP contribution is -2.40. The number of fused-ring (bicyclic) bond motifs is 1. The molecule has 2 aliphatic rings. The van der Waals surface area contributed by atoms with Crippen LogP contribution in [0.1, 0.15) is 51.3 Å². The number of benzene rings is 1. The lowest BCUT2D eigenvalue weighted by molar-refractivity contribution is -0.110. The summed E-state index contributed by atoms with van der Waals surface area (Å²) < 4.78 is 36.9. The van der Waals surface area contributed by atoms with E-state index in [1.165, 1.54) is 23.5 Å². The van der Waals surface area contributed by atoms with Crippen molar-refractivity contribution in [2.45, 2.75) is 81.0 Å². The molecule has 3 aromatic rings. The summed E-state index contributed by atoms with van der Waals surface area (Å²) in [6.07, 6.45) is 1.77. The largest absolute Gasteiger partial charge is 0.411 e. The van der Waals surface area contributed by atoms with Crippen molar-refractivity contribution in [2.75, 3.05) is 18.5 Å². The highest BCUT2D eigenvalue weighted by Crippen LogP contribution is 2.37. The van der Waals surface area contributed by atoms with Gasteiger partial charge in [0.1, 0.15) is 10.3 Å². The molecule has 41 heavy (non-hydrogen) atoms. The molecule has 3 heterocycles. The number of pyridine rings is 1. The Labute approximate surface area is 245 Å². The molecule has 10 nitrogen and oxygen atoms in total. The summed E-state index contributed by atoms with van der Waals surface area (Å²) in [4.78, 5) is 29.2. The number of thiazole rings is 1. The predicted molar refractivity (Wildman–Crippen MR) is 162 cm³/mol. The van der Waals surface area contributed by atoms with Crippen LogP contribution in [0.3, 0.4) is 0 Å². The van der Waals surface area contributed by atoms with Crippen LogP contribution < -0.4 is 5.32 Å². The molecule has 1 N–H and O–H groups in total. The van der Waals surface area contributed by atoms with Crippen molar-refractivity contribution in [3.63, 3.8) is 0 Å². The quantitative estimate of drug-likeness (QED) is 0.185. The summed E-state index contributed by atoms with van der Waals surface area (Å²) in [5, 5.41) is 7.13.